The van der Waals surface area contributed by atoms with Crippen LogP contribution in [0.4, 0.5) is 0 Å². The Labute approximate surface area is 117 Å². The van der Waals surface area contributed by atoms with Gasteiger partial charge in [-0.25, -0.2) is 0 Å². The molecule has 0 radical (unpaired) electrons. The SMILES string of the molecule is O=C(c1ccc2nccnc2c1)C1CC2CCC(C1)N2. The Balaban J connectivity index is 1.63. The summed E-state index contributed by atoms with van der Waals surface area (Å²) in [5.74, 6) is 0.443. The molecule has 2 unspecified atom stereocenters. The number of aromatic nitrogens is 2. The van der Waals surface area contributed by atoms with E-state index in [1.165, 1.54) is 12.8 Å². The van der Waals surface area contributed by atoms with Crippen molar-refractivity contribution in [1.82, 2.24) is 15.3 Å². The molecule has 1 N–H and O–H groups in total. The van der Waals surface area contributed by atoms with E-state index in [1.54, 1.807) is 12.4 Å². The Morgan fingerprint density at radius 3 is 2.50 bits per heavy atom. The van der Waals surface area contributed by atoms with Crippen LogP contribution in [0.1, 0.15) is 36.0 Å². The number of carbonyl (C=O) groups excluding carboxylic acids is 1. The molecule has 4 rings (SSSR count). The zero-order valence-electron chi connectivity index (χ0n) is 11.2. The third kappa shape index (κ3) is 2.00. The molecule has 0 saturated carbocycles. The maximum Gasteiger partial charge on any atom is 0.166 e. The molecule has 2 bridgehead atoms. The van der Waals surface area contributed by atoms with Gasteiger partial charge in [0.15, 0.2) is 5.78 Å². The average molecular weight is 267 g/mol. The second-order valence-corrected chi connectivity index (χ2v) is 5.93. The van der Waals surface area contributed by atoms with Crippen molar-refractivity contribution in [1.29, 1.82) is 0 Å². The molecule has 4 heteroatoms. The molecule has 102 valence electrons. The van der Waals surface area contributed by atoms with Gasteiger partial charge in [0, 0.05) is 36.0 Å². The molecule has 2 aromatic rings. The van der Waals surface area contributed by atoms with Gasteiger partial charge < -0.3 is 5.32 Å². The standard InChI is InChI=1S/C16H17N3O/c20-16(11-7-12-2-3-13(8-11)19-12)10-1-4-14-15(9-10)18-6-5-17-14/h1,4-6,9,11-13,19H,2-3,7-8H2. The highest BCUT2D eigenvalue weighted by atomic mass is 16.1. The number of carbonyl (C=O) groups is 1. The average Bonchev–Trinajstić information content (AvgIpc) is 2.84. The van der Waals surface area contributed by atoms with Crippen molar-refractivity contribution in [2.75, 3.05) is 0 Å². The van der Waals surface area contributed by atoms with Crippen LogP contribution in [0.2, 0.25) is 0 Å². The third-order valence-electron chi connectivity index (χ3n) is 4.60. The fourth-order valence-corrected chi connectivity index (χ4v) is 3.62. The zero-order valence-corrected chi connectivity index (χ0v) is 11.2. The van der Waals surface area contributed by atoms with Crippen LogP contribution in [0.3, 0.4) is 0 Å². The van der Waals surface area contributed by atoms with Crippen molar-refractivity contribution in [3.8, 4) is 0 Å². The van der Waals surface area contributed by atoms with Gasteiger partial charge in [0.2, 0.25) is 0 Å². The second-order valence-electron chi connectivity index (χ2n) is 5.93. The topological polar surface area (TPSA) is 54.9 Å². The number of Topliss-reactive ketones (excluding diaryl/α,β-unsaturated/α-hetero) is 1. The summed E-state index contributed by atoms with van der Waals surface area (Å²) in [7, 11) is 0. The number of piperidine rings is 1. The van der Waals surface area contributed by atoms with E-state index in [1.807, 2.05) is 18.2 Å². The Bertz CT molecular complexity index is 658. The number of nitrogens with zero attached hydrogens (tertiary/aromatic N) is 2. The van der Waals surface area contributed by atoms with Gasteiger partial charge in [0.05, 0.1) is 11.0 Å². The first-order chi connectivity index (χ1) is 9.79. The monoisotopic (exact) mass is 267 g/mol. The zero-order chi connectivity index (χ0) is 13.5. The summed E-state index contributed by atoms with van der Waals surface area (Å²) in [5, 5.41) is 3.58. The minimum Gasteiger partial charge on any atom is -0.311 e. The first-order valence-electron chi connectivity index (χ1n) is 7.30. The molecule has 0 aliphatic carbocycles. The van der Waals surface area contributed by atoms with E-state index < -0.39 is 0 Å². The van der Waals surface area contributed by atoms with Crippen LogP contribution in [-0.2, 0) is 0 Å². The van der Waals surface area contributed by atoms with Crippen molar-refractivity contribution in [2.45, 2.75) is 37.8 Å². The van der Waals surface area contributed by atoms with Crippen molar-refractivity contribution in [3.63, 3.8) is 0 Å². The Morgan fingerprint density at radius 2 is 1.75 bits per heavy atom. The lowest BCUT2D eigenvalue weighted by Gasteiger charge is -2.28. The number of hydrogen-bond donors (Lipinski definition) is 1. The van der Waals surface area contributed by atoms with Crippen molar-refractivity contribution < 1.29 is 4.79 Å². The van der Waals surface area contributed by atoms with Gasteiger partial charge in [0.25, 0.3) is 0 Å². The first kappa shape index (κ1) is 12.0. The lowest BCUT2D eigenvalue weighted by atomic mass is 9.86. The van der Waals surface area contributed by atoms with Crippen LogP contribution in [-0.4, -0.2) is 27.8 Å². The molecule has 4 nitrogen and oxygen atoms in total. The highest BCUT2D eigenvalue weighted by Crippen LogP contribution is 2.33. The quantitative estimate of drug-likeness (QED) is 0.849. The van der Waals surface area contributed by atoms with Crippen LogP contribution >= 0.6 is 0 Å². The predicted octanol–water partition coefficient (Wildman–Crippen LogP) is 2.34. The van der Waals surface area contributed by atoms with E-state index >= 15 is 0 Å². The molecule has 2 atom stereocenters. The lowest BCUT2D eigenvalue weighted by Crippen LogP contribution is -2.40. The number of benzene rings is 1. The molecule has 2 fully saturated rings. The molecule has 2 aliphatic heterocycles. The lowest BCUT2D eigenvalue weighted by molar-refractivity contribution is 0.0876. The summed E-state index contributed by atoms with van der Waals surface area (Å²) < 4.78 is 0. The molecule has 2 saturated heterocycles. The number of ketones is 1. The predicted molar refractivity (Wildman–Crippen MR) is 76.5 cm³/mol. The largest absolute Gasteiger partial charge is 0.311 e. The van der Waals surface area contributed by atoms with E-state index in [9.17, 15) is 4.79 Å². The van der Waals surface area contributed by atoms with Gasteiger partial charge in [-0.3, -0.25) is 14.8 Å². The minimum atomic E-state index is 0.169. The van der Waals surface area contributed by atoms with Gasteiger partial charge >= 0.3 is 0 Å². The first-order valence-corrected chi connectivity index (χ1v) is 7.30. The number of hydrogen-bond acceptors (Lipinski definition) is 4. The maximum absolute atomic E-state index is 12.7. The van der Waals surface area contributed by atoms with Crippen molar-refractivity contribution in [3.05, 3.63) is 36.2 Å². The number of nitrogens with one attached hydrogen (secondary N) is 1. The summed E-state index contributed by atoms with van der Waals surface area (Å²) in [5.41, 5.74) is 2.42. The Kier molecular flexibility index (Phi) is 2.77. The summed E-state index contributed by atoms with van der Waals surface area (Å²) >= 11 is 0. The smallest absolute Gasteiger partial charge is 0.166 e. The molecule has 3 heterocycles. The third-order valence-corrected chi connectivity index (χ3v) is 4.60. The Morgan fingerprint density at radius 1 is 1.05 bits per heavy atom. The molecular weight excluding hydrogens is 250 g/mol. The van der Waals surface area contributed by atoms with Crippen molar-refractivity contribution in [2.24, 2.45) is 5.92 Å². The summed E-state index contributed by atoms with van der Waals surface area (Å²) in [4.78, 5) is 21.2. The van der Waals surface area contributed by atoms with Crippen LogP contribution in [0, 0.1) is 5.92 Å². The normalized spacial score (nSPS) is 28.7. The highest BCUT2D eigenvalue weighted by Gasteiger charge is 2.36. The second kappa shape index (κ2) is 4.63. The minimum absolute atomic E-state index is 0.169. The highest BCUT2D eigenvalue weighted by molar-refractivity contribution is 6.00. The Hall–Kier alpha value is -1.81. The van der Waals surface area contributed by atoms with E-state index in [2.05, 4.69) is 15.3 Å². The molecule has 0 spiro atoms. The van der Waals surface area contributed by atoms with E-state index in [0.29, 0.717) is 12.1 Å². The fourth-order valence-electron chi connectivity index (χ4n) is 3.62. The molecule has 2 aliphatic rings. The van der Waals surface area contributed by atoms with Gasteiger partial charge in [-0.2, -0.15) is 0 Å². The van der Waals surface area contributed by atoms with Gasteiger partial charge in [-0.1, -0.05) is 0 Å². The van der Waals surface area contributed by atoms with Crippen LogP contribution in [0.15, 0.2) is 30.6 Å². The van der Waals surface area contributed by atoms with Gasteiger partial charge in [0.1, 0.15) is 0 Å². The molecule has 1 aromatic carbocycles. The van der Waals surface area contributed by atoms with E-state index in [0.717, 1.165) is 29.4 Å². The molecule has 0 amide bonds. The molecule has 20 heavy (non-hydrogen) atoms. The maximum atomic E-state index is 12.7. The summed E-state index contributed by atoms with van der Waals surface area (Å²) in [6.07, 6.45) is 7.74. The fraction of sp³-hybridized carbons (Fsp3) is 0.438. The van der Waals surface area contributed by atoms with Gasteiger partial charge in [-0.05, 0) is 43.9 Å². The molecular formula is C16H17N3O. The van der Waals surface area contributed by atoms with Crippen molar-refractivity contribution >= 4 is 16.8 Å². The number of rotatable bonds is 2. The van der Waals surface area contributed by atoms with Gasteiger partial charge in [-0.15, -0.1) is 0 Å². The number of fused-ring (bicyclic) bond motifs is 3. The van der Waals surface area contributed by atoms with E-state index in [4.69, 9.17) is 0 Å². The van der Waals surface area contributed by atoms with Crippen LogP contribution in [0.5, 0.6) is 0 Å². The summed E-state index contributed by atoms with van der Waals surface area (Å²) in [6.45, 7) is 0. The van der Waals surface area contributed by atoms with E-state index in [-0.39, 0.29) is 11.7 Å². The van der Waals surface area contributed by atoms with Crippen LogP contribution < -0.4 is 5.32 Å². The summed E-state index contributed by atoms with van der Waals surface area (Å²) in [6, 6.07) is 6.76. The van der Waals surface area contributed by atoms with Crippen LogP contribution in [0.25, 0.3) is 11.0 Å². The molecule has 1 aromatic heterocycles.